The number of phenolic OH excluding ortho intramolecular Hbond substituents is 1. The molecule has 1 rings (SSSR count). The molecule has 0 unspecified atom stereocenters. The Balaban J connectivity index is 2.88. The van der Waals surface area contributed by atoms with Crippen LogP contribution in [0.1, 0.15) is 52.5 Å². The van der Waals surface area contributed by atoms with E-state index in [2.05, 4.69) is 0 Å². The van der Waals surface area contributed by atoms with Gasteiger partial charge < -0.3 is 10.8 Å². The van der Waals surface area contributed by atoms with Gasteiger partial charge in [-0.3, -0.25) is 9.59 Å². The summed E-state index contributed by atoms with van der Waals surface area (Å²) in [5.74, 6) is 0.343. The third-order valence-electron chi connectivity index (χ3n) is 4.93. The van der Waals surface area contributed by atoms with Gasteiger partial charge in [0.1, 0.15) is 11.5 Å². The number of hydrogen-bond acceptors (Lipinski definition) is 4. The van der Waals surface area contributed by atoms with Gasteiger partial charge in [-0.15, -0.1) is 0 Å². The first-order chi connectivity index (χ1) is 10.6. The zero-order valence-corrected chi connectivity index (χ0v) is 14.7. The van der Waals surface area contributed by atoms with Crippen LogP contribution in [-0.2, 0) is 16.0 Å². The van der Waals surface area contributed by atoms with Crippen molar-refractivity contribution in [1.29, 1.82) is 0 Å². The lowest BCUT2D eigenvalue weighted by Gasteiger charge is -2.29. The summed E-state index contributed by atoms with van der Waals surface area (Å²) < 4.78 is 0. The molecule has 0 radical (unpaired) electrons. The Bertz CT molecular complexity index is 548. The molecule has 3 N–H and O–H groups in total. The highest BCUT2D eigenvalue weighted by atomic mass is 16.3. The summed E-state index contributed by atoms with van der Waals surface area (Å²) in [6, 6.07) is 6.81. The molecule has 0 heterocycles. The lowest BCUT2D eigenvalue weighted by Crippen LogP contribution is -2.37. The predicted molar refractivity (Wildman–Crippen MR) is 92.3 cm³/mol. The minimum Gasteiger partial charge on any atom is -0.508 e. The summed E-state index contributed by atoms with van der Waals surface area (Å²) in [5.41, 5.74) is 5.52. The normalized spacial score (nSPS) is 14.3. The molecule has 0 spiro atoms. The third kappa shape index (κ3) is 5.17. The van der Waals surface area contributed by atoms with Crippen LogP contribution < -0.4 is 5.73 Å². The maximum absolute atomic E-state index is 12.4. The molecule has 0 aromatic heterocycles. The maximum atomic E-state index is 12.4. The monoisotopic (exact) mass is 319 g/mol. The second-order valence-electron chi connectivity index (χ2n) is 7.19. The smallest absolute Gasteiger partial charge is 0.152 e. The van der Waals surface area contributed by atoms with Gasteiger partial charge in [0.15, 0.2) is 5.78 Å². The first-order valence-corrected chi connectivity index (χ1v) is 8.19. The Kier molecular flexibility index (Phi) is 6.51. The Morgan fingerprint density at radius 2 is 1.65 bits per heavy atom. The molecule has 1 atom stereocenters. The minimum absolute atomic E-state index is 0.0278. The van der Waals surface area contributed by atoms with Gasteiger partial charge in [-0.1, -0.05) is 39.8 Å². The Morgan fingerprint density at radius 1 is 1.09 bits per heavy atom. The van der Waals surface area contributed by atoms with Crippen molar-refractivity contribution in [3.8, 4) is 5.75 Å². The molecule has 128 valence electrons. The number of ketones is 2. The van der Waals surface area contributed by atoms with E-state index in [9.17, 15) is 14.7 Å². The van der Waals surface area contributed by atoms with Crippen molar-refractivity contribution in [2.24, 2.45) is 16.6 Å². The van der Waals surface area contributed by atoms with Crippen LogP contribution in [0, 0.1) is 10.8 Å². The number of carbonyl (C=O) groups excluding carboxylic acids is 2. The molecule has 1 aromatic rings. The van der Waals surface area contributed by atoms with Crippen molar-refractivity contribution in [1.82, 2.24) is 0 Å². The van der Waals surface area contributed by atoms with Gasteiger partial charge in [-0.2, -0.15) is 0 Å². The van der Waals surface area contributed by atoms with Crippen LogP contribution in [-0.4, -0.2) is 23.2 Å². The van der Waals surface area contributed by atoms with Gasteiger partial charge >= 0.3 is 0 Å². The summed E-state index contributed by atoms with van der Waals surface area (Å²) in [6.45, 7) is 7.73. The predicted octanol–water partition coefficient (Wildman–Crippen LogP) is 3.25. The SMILES string of the molecule is CCC(C)(C)C(=O)CC[C@@](C)(Cc1ccc(O)cc1)C(=O)CN. The van der Waals surface area contributed by atoms with Gasteiger partial charge in [0.05, 0.1) is 6.54 Å². The molecule has 1 aromatic carbocycles. The fraction of sp³-hybridized carbons (Fsp3) is 0.579. The fourth-order valence-electron chi connectivity index (χ4n) is 2.56. The van der Waals surface area contributed by atoms with E-state index in [-0.39, 0.29) is 29.3 Å². The zero-order chi connectivity index (χ0) is 17.7. The summed E-state index contributed by atoms with van der Waals surface area (Å²) >= 11 is 0. The van der Waals surface area contributed by atoms with Crippen LogP contribution in [0.25, 0.3) is 0 Å². The van der Waals surface area contributed by atoms with Crippen molar-refractivity contribution < 1.29 is 14.7 Å². The molecule has 23 heavy (non-hydrogen) atoms. The first kappa shape index (κ1) is 19.4. The van der Waals surface area contributed by atoms with E-state index >= 15 is 0 Å². The maximum Gasteiger partial charge on any atom is 0.152 e. The summed E-state index contributed by atoms with van der Waals surface area (Å²) in [6.07, 6.45) is 2.17. The van der Waals surface area contributed by atoms with E-state index in [1.165, 1.54) is 0 Å². The van der Waals surface area contributed by atoms with Crippen LogP contribution >= 0.6 is 0 Å². The number of hydrogen-bond donors (Lipinski definition) is 2. The molecule has 0 aliphatic rings. The van der Waals surface area contributed by atoms with Gasteiger partial charge in [0.25, 0.3) is 0 Å². The number of benzene rings is 1. The van der Waals surface area contributed by atoms with Crippen molar-refractivity contribution >= 4 is 11.6 Å². The average molecular weight is 319 g/mol. The molecule has 0 fully saturated rings. The molecular weight excluding hydrogens is 290 g/mol. The minimum atomic E-state index is -0.662. The van der Waals surface area contributed by atoms with E-state index in [0.29, 0.717) is 19.3 Å². The number of aromatic hydroxyl groups is 1. The number of carbonyl (C=O) groups is 2. The molecule has 0 saturated heterocycles. The van der Waals surface area contributed by atoms with Crippen molar-refractivity contribution in [3.05, 3.63) is 29.8 Å². The quantitative estimate of drug-likeness (QED) is 0.732. The molecule has 0 saturated carbocycles. The van der Waals surface area contributed by atoms with E-state index in [1.54, 1.807) is 24.3 Å². The van der Waals surface area contributed by atoms with E-state index in [1.807, 2.05) is 27.7 Å². The Morgan fingerprint density at radius 3 is 2.13 bits per heavy atom. The van der Waals surface area contributed by atoms with Gasteiger partial charge in [-0.25, -0.2) is 0 Å². The lowest BCUT2D eigenvalue weighted by molar-refractivity contribution is -0.130. The van der Waals surface area contributed by atoms with Gasteiger partial charge in [0.2, 0.25) is 0 Å². The average Bonchev–Trinajstić information content (AvgIpc) is 2.53. The standard InChI is InChI=1S/C19H29NO3/c1-5-18(2,3)16(22)10-11-19(4,17(23)13-20)12-14-6-8-15(21)9-7-14/h6-9,21H,5,10-13,20H2,1-4H3/t19-/m0/s1. The van der Waals surface area contributed by atoms with Crippen molar-refractivity contribution in [2.75, 3.05) is 6.54 Å². The highest BCUT2D eigenvalue weighted by Crippen LogP contribution is 2.33. The van der Waals surface area contributed by atoms with Crippen LogP contribution in [0.4, 0.5) is 0 Å². The Labute approximate surface area is 139 Å². The van der Waals surface area contributed by atoms with Crippen molar-refractivity contribution in [2.45, 2.75) is 53.4 Å². The first-order valence-electron chi connectivity index (χ1n) is 8.19. The van der Waals surface area contributed by atoms with Crippen LogP contribution in [0.2, 0.25) is 0 Å². The fourth-order valence-corrected chi connectivity index (χ4v) is 2.56. The molecule has 4 heteroatoms. The molecule has 4 nitrogen and oxygen atoms in total. The molecule has 0 bridgehead atoms. The second kappa shape index (κ2) is 7.73. The highest BCUT2D eigenvalue weighted by Gasteiger charge is 2.34. The molecule has 0 amide bonds. The number of Topliss-reactive ketones (excluding diaryl/α,β-unsaturated/α-hetero) is 2. The van der Waals surface area contributed by atoms with E-state index in [4.69, 9.17) is 5.73 Å². The summed E-state index contributed by atoms with van der Waals surface area (Å²) in [5, 5.41) is 9.37. The van der Waals surface area contributed by atoms with E-state index < -0.39 is 5.41 Å². The largest absolute Gasteiger partial charge is 0.508 e. The van der Waals surface area contributed by atoms with Gasteiger partial charge in [0, 0.05) is 17.3 Å². The topological polar surface area (TPSA) is 80.4 Å². The van der Waals surface area contributed by atoms with Crippen LogP contribution in [0.5, 0.6) is 5.75 Å². The number of nitrogens with two attached hydrogens (primary N) is 1. The third-order valence-corrected chi connectivity index (χ3v) is 4.93. The van der Waals surface area contributed by atoms with Gasteiger partial charge in [-0.05, 0) is 37.0 Å². The number of phenols is 1. The second-order valence-corrected chi connectivity index (χ2v) is 7.19. The van der Waals surface area contributed by atoms with E-state index in [0.717, 1.165) is 12.0 Å². The Hall–Kier alpha value is -1.68. The van der Waals surface area contributed by atoms with Crippen LogP contribution in [0.15, 0.2) is 24.3 Å². The molecular formula is C19H29NO3. The highest BCUT2D eigenvalue weighted by molar-refractivity contribution is 5.88. The molecule has 0 aliphatic carbocycles. The number of rotatable bonds is 9. The zero-order valence-electron chi connectivity index (χ0n) is 14.7. The van der Waals surface area contributed by atoms with Crippen LogP contribution in [0.3, 0.4) is 0 Å². The van der Waals surface area contributed by atoms with Crippen molar-refractivity contribution in [3.63, 3.8) is 0 Å². The lowest BCUT2D eigenvalue weighted by atomic mass is 9.73. The summed E-state index contributed by atoms with van der Waals surface area (Å²) in [7, 11) is 0. The summed E-state index contributed by atoms with van der Waals surface area (Å²) in [4.78, 5) is 24.7. The molecule has 0 aliphatic heterocycles.